The van der Waals surface area contributed by atoms with Crippen LogP contribution in [0.15, 0.2) is 15.7 Å². The number of nitrogens with zero attached hydrogens (tertiary/aromatic N) is 1. The van der Waals surface area contributed by atoms with E-state index in [9.17, 15) is 9.59 Å². The third-order valence-corrected chi connectivity index (χ3v) is 2.96. The van der Waals surface area contributed by atoms with Crippen LogP contribution in [0.4, 0.5) is 5.82 Å². The molecule has 0 unspecified atom stereocenters. The van der Waals surface area contributed by atoms with Crippen molar-refractivity contribution in [2.24, 2.45) is 11.8 Å². The number of aromatic amines is 2. The fourth-order valence-corrected chi connectivity index (χ4v) is 2.49. The highest BCUT2D eigenvalue weighted by Crippen LogP contribution is 2.23. The van der Waals surface area contributed by atoms with Crippen molar-refractivity contribution in [1.82, 2.24) is 9.97 Å². The van der Waals surface area contributed by atoms with Crippen molar-refractivity contribution < 1.29 is 0 Å². The van der Waals surface area contributed by atoms with Gasteiger partial charge in [-0.3, -0.25) is 14.8 Å². The molecule has 0 saturated carbocycles. The predicted octanol–water partition coefficient (Wildman–Crippen LogP) is 0.545. The summed E-state index contributed by atoms with van der Waals surface area (Å²) in [6.45, 7) is 6.16. The van der Waals surface area contributed by atoms with Gasteiger partial charge >= 0.3 is 5.69 Å². The zero-order valence-corrected chi connectivity index (χ0v) is 9.62. The van der Waals surface area contributed by atoms with Crippen molar-refractivity contribution in [3.05, 3.63) is 26.9 Å². The van der Waals surface area contributed by atoms with Gasteiger partial charge in [0.1, 0.15) is 5.82 Å². The van der Waals surface area contributed by atoms with Gasteiger partial charge < -0.3 is 4.90 Å². The van der Waals surface area contributed by atoms with Gasteiger partial charge in [0.15, 0.2) is 0 Å². The number of nitrogens with one attached hydrogen (secondary N) is 2. The van der Waals surface area contributed by atoms with E-state index >= 15 is 0 Å². The Kier molecular flexibility index (Phi) is 2.85. The number of piperidine rings is 1. The summed E-state index contributed by atoms with van der Waals surface area (Å²) in [4.78, 5) is 29.3. The number of hydrogen-bond donors (Lipinski definition) is 2. The molecule has 1 aromatic rings. The molecule has 88 valence electrons. The van der Waals surface area contributed by atoms with Crippen molar-refractivity contribution in [3.63, 3.8) is 0 Å². The Labute approximate surface area is 93.5 Å². The normalized spacial score (nSPS) is 25.8. The Morgan fingerprint density at radius 3 is 2.38 bits per heavy atom. The van der Waals surface area contributed by atoms with Crippen LogP contribution in [0.2, 0.25) is 0 Å². The van der Waals surface area contributed by atoms with Gasteiger partial charge in [-0.25, -0.2) is 4.79 Å². The maximum atomic E-state index is 11.2. The maximum Gasteiger partial charge on any atom is 0.327 e. The van der Waals surface area contributed by atoms with Crippen LogP contribution in [0, 0.1) is 11.8 Å². The summed E-state index contributed by atoms with van der Waals surface area (Å²) in [6.07, 6.45) is 1.20. The van der Waals surface area contributed by atoms with E-state index in [0.717, 1.165) is 13.1 Å². The molecule has 2 heterocycles. The van der Waals surface area contributed by atoms with E-state index in [2.05, 4.69) is 28.7 Å². The molecule has 1 aliphatic rings. The van der Waals surface area contributed by atoms with Gasteiger partial charge in [0.2, 0.25) is 0 Å². The third-order valence-electron chi connectivity index (χ3n) is 2.96. The van der Waals surface area contributed by atoms with Crippen LogP contribution in [0.5, 0.6) is 0 Å². The molecule has 1 aliphatic heterocycles. The Morgan fingerprint density at radius 2 is 1.81 bits per heavy atom. The van der Waals surface area contributed by atoms with E-state index < -0.39 is 5.69 Å². The molecule has 1 aromatic heterocycles. The summed E-state index contributed by atoms with van der Waals surface area (Å²) in [7, 11) is 0. The largest absolute Gasteiger partial charge is 0.357 e. The maximum absolute atomic E-state index is 11.2. The molecule has 16 heavy (non-hydrogen) atoms. The summed E-state index contributed by atoms with van der Waals surface area (Å²) < 4.78 is 0. The Balaban J connectivity index is 2.29. The minimum absolute atomic E-state index is 0.343. The molecule has 0 radical (unpaired) electrons. The van der Waals surface area contributed by atoms with Crippen molar-refractivity contribution in [3.8, 4) is 0 Å². The molecule has 1 saturated heterocycles. The number of H-pyrrole nitrogens is 2. The van der Waals surface area contributed by atoms with Gasteiger partial charge in [-0.15, -0.1) is 0 Å². The van der Waals surface area contributed by atoms with Crippen LogP contribution in [0.3, 0.4) is 0 Å². The van der Waals surface area contributed by atoms with Gasteiger partial charge in [-0.1, -0.05) is 13.8 Å². The lowest BCUT2D eigenvalue weighted by Gasteiger charge is -2.35. The van der Waals surface area contributed by atoms with Crippen molar-refractivity contribution in [2.75, 3.05) is 18.0 Å². The topological polar surface area (TPSA) is 69.0 Å². The monoisotopic (exact) mass is 223 g/mol. The van der Waals surface area contributed by atoms with Crippen LogP contribution < -0.4 is 16.1 Å². The van der Waals surface area contributed by atoms with Crippen LogP contribution >= 0.6 is 0 Å². The molecule has 2 N–H and O–H groups in total. The molecular formula is C11H17N3O2. The van der Waals surface area contributed by atoms with E-state index in [1.54, 1.807) is 0 Å². The van der Waals surface area contributed by atoms with Crippen molar-refractivity contribution in [2.45, 2.75) is 20.3 Å². The van der Waals surface area contributed by atoms with Gasteiger partial charge in [-0.2, -0.15) is 0 Å². The number of aromatic nitrogens is 2. The Bertz CT molecular complexity index is 438. The van der Waals surface area contributed by atoms with Crippen LogP contribution in [-0.2, 0) is 0 Å². The second kappa shape index (κ2) is 4.15. The SMILES string of the molecule is C[C@H]1C[C@H](C)CN(c2cc(=O)[nH]c(=O)[nH]2)C1. The highest BCUT2D eigenvalue weighted by molar-refractivity contribution is 5.37. The molecule has 0 bridgehead atoms. The lowest BCUT2D eigenvalue weighted by molar-refractivity contribution is 0.355. The molecule has 5 nitrogen and oxygen atoms in total. The van der Waals surface area contributed by atoms with Gasteiger partial charge in [-0.05, 0) is 18.3 Å². The van der Waals surface area contributed by atoms with E-state index in [1.807, 2.05) is 0 Å². The van der Waals surface area contributed by atoms with Crippen LogP contribution in [0.1, 0.15) is 20.3 Å². The van der Waals surface area contributed by atoms with E-state index in [-0.39, 0.29) is 5.56 Å². The number of hydrogen-bond acceptors (Lipinski definition) is 3. The van der Waals surface area contributed by atoms with Gasteiger partial charge in [0.25, 0.3) is 5.56 Å². The molecule has 5 heteroatoms. The summed E-state index contributed by atoms with van der Waals surface area (Å²) in [5.74, 6) is 1.81. The average molecular weight is 223 g/mol. The zero-order valence-electron chi connectivity index (χ0n) is 9.62. The molecule has 2 atom stereocenters. The quantitative estimate of drug-likeness (QED) is 0.730. The number of rotatable bonds is 1. The lowest BCUT2D eigenvalue weighted by atomic mass is 9.92. The number of anilines is 1. The third kappa shape index (κ3) is 2.35. The fourth-order valence-electron chi connectivity index (χ4n) is 2.49. The van der Waals surface area contributed by atoms with Crippen molar-refractivity contribution in [1.29, 1.82) is 0 Å². The molecule has 0 spiro atoms. The second-order valence-corrected chi connectivity index (χ2v) is 4.82. The van der Waals surface area contributed by atoms with Crippen molar-refractivity contribution >= 4 is 5.82 Å². The predicted molar refractivity (Wildman–Crippen MR) is 62.8 cm³/mol. The zero-order chi connectivity index (χ0) is 11.7. The summed E-state index contributed by atoms with van der Waals surface area (Å²) >= 11 is 0. The smallest absolute Gasteiger partial charge is 0.327 e. The summed E-state index contributed by atoms with van der Waals surface area (Å²) in [6, 6.07) is 1.45. The average Bonchev–Trinajstić information content (AvgIpc) is 2.14. The highest BCUT2D eigenvalue weighted by Gasteiger charge is 2.22. The van der Waals surface area contributed by atoms with E-state index in [0.29, 0.717) is 17.7 Å². The van der Waals surface area contributed by atoms with Gasteiger partial charge in [0.05, 0.1) is 0 Å². The molecule has 0 amide bonds. The molecular weight excluding hydrogens is 206 g/mol. The molecule has 1 fully saturated rings. The first kappa shape index (κ1) is 11.0. The van der Waals surface area contributed by atoms with Gasteiger partial charge in [0, 0.05) is 19.2 Å². The molecule has 2 rings (SSSR count). The Hall–Kier alpha value is -1.52. The minimum atomic E-state index is -0.437. The summed E-state index contributed by atoms with van der Waals surface area (Å²) in [5, 5.41) is 0. The summed E-state index contributed by atoms with van der Waals surface area (Å²) in [5.41, 5.74) is -0.780. The van der Waals surface area contributed by atoms with Crippen LogP contribution in [-0.4, -0.2) is 23.1 Å². The van der Waals surface area contributed by atoms with E-state index in [1.165, 1.54) is 12.5 Å². The van der Waals surface area contributed by atoms with Crippen LogP contribution in [0.25, 0.3) is 0 Å². The molecule has 0 aliphatic carbocycles. The first-order valence-corrected chi connectivity index (χ1v) is 5.63. The first-order chi connectivity index (χ1) is 7.54. The molecule has 0 aromatic carbocycles. The minimum Gasteiger partial charge on any atom is -0.357 e. The fraction of sp³-hybridized carbons (Fsp3) is 0.636. The Morgan fingerprint density at radius 1 is 1.19 bits per heavy atom. The standard InChI is InChI=1S/C11H17N3O2/c1-7-3-8(2)6-14(5-7)9-4-10(15)13-11(16)12-9/h4,7-8H,3,5-6H2,1-2H3,(H2,12,13,15,16)/t7-,8-/m0/s1. The first-order valence-electron chi connectivity index (χ1n) is 5.63. The lowest BCUT2D eigenvalue weighted by Crippen LogP contribution is -2.40. The van der Waals surface area contributed by atoms with E-state index in [4.69, 9.17) is 0 Å². The second-order valence-electron chi connectivity index (χ2n) is 4.82. The highest BCUT2D eigenvalue weighted by atomic mass is 16.2.